The third-order valence-corrected chi connectivity index (χ3v) is 9.16. The fourth-order valence-corrected chi connectivity index (χ4v) is 6.50. The molecule has 0 atom stereocenters. The van der Waals surface area contributed by atoms with Gasteiger partial charge in [-0.3, -0.25) is 9.59 Å². The predicted molar refractivity (Wildman–Crippen MR) is 131 cm³/mol. The first-order valence-electron chi connectivity index (χ1n) is 11.1. The molecule has 2 aromatic carbocycles. The number of benzene rings is 2. The van der Waals surface area contributed by atoms with Crippen molar-refractivity contribution in [3.63, 3.8) is 0 Å². The molecule has 0 aromatic heterocycles. The largest absolute Gasteiger partial charge is 0.324 e. The third kappa shape index (κ3) is 5.10. The van der Waals surface area contributed by atoms with Crippen LogP contribution in [0.4, 0.5) is 11.4 Å². The first-order chi connectivity index (χ1) is 15.6. The summed E-state index contributed by atoms with van der Waals surface area (Å²) in [6.45, 7) is 6.80. The molecular formula is C24H29N3O4S2. The molecule has 2 heterocycles. The Balaban J connectivity index is 1.58. The molecular weight excluding hydrogens is 458 g/mol. The second kappa shape index (κ2) is 9.48. The van der Waals surface area contributed by atoms with Crippen LogP contribution in [0.1, 0.15) is 30.9 Å². The van der Waals surface area contributed by atoms with Gasteiger partial charge in [0.25, 0.3) is 0 Å². The first kappa shape index (κ1) is 23.8. The maximum atomic E-state index is 13.2. The van der Waals surface area contributed by atoms with Gasteiger partial charge in [-0.05, 0) is 68.0 Å². The lowest BCUT2D eigenvalue weighted by atomic mass is 10.0. The molecule has 4 rings (SSSR count). The van der Waals surface area contributed by atoms with E-state index in [2.05, 4.69) is 12.2 Å². The van der Waals surface area contributed by atoms with Gasteiger partial charge in [0.2, 0.25) is 21.8 Å². The van der Waals surface area contributed by atoms with Crippen LogP contribution in [0.25, 0.3) is 0 Å². The zero-order valence-corrected chi connectivity index (χ0v) is 20.8. The second-order valence-electron chi connectivity index (χ2n) is 8.85. The Labute approximate surface area is 199 Å². The molecule has 1 saturated heterocycles. The summed E-state index contributed by atoms with van der Waals surface area (Å²) in [6, 6.07) is 10.7. The van der Waals surface area contributed by atoms with E-state index in [0.717, 1.165) is 28.9 Å². The van der Waals surface area contributed by atoms with Crippen molar-refractivity contribution in [3.05, 3.63) is 47.5 Å². The van der Waals surface area contributed by atoms with Gasteiger partial charge in [-0.1, -0.05) is 19.1 Å². The average molecular weight is 488 g/mol. The van der Waals surface area contributed by atoms with E-state index in [0.29, 0.717) is 30.4 Å². The molecule has 176 valence electrons. The van der Waals surface area contributed by atoms with Crippen molar-refractivity contribution < 1.29 is 18.0 Å². The van der Waals surface area contributed by atoms with Gasteiger partial charge >= 0.3 is 0 Å². The lowest BCUT2D eigenvalue weighted by Crippen LogP contribution is -2.41. The van der Waals surface area contributed by atoms with E-state index in [1.54, 1.807) is 12.1 Å². The van der Waals surface area contributed by atoms with Crippen molar-refractivity contribution in [1.82, 2.24) is 4.31 Å². The van der Waals surface area contributed by atoms with E-state index < -0.39 is 10.0 Å². The lowest BCUT2D eigenvalue weighted by Gasteiger charge is -2.31. The summed E-state index contributed by atoms with van der Waals surface area (Å²) < 4.78 is 28.0. The average Bonchev–Trinajstić information content (AvgIpc) is 2.78. The van der Waals surface area contributed by atoms with Crippen LogP contribution in [0.15, 0.2) is 46.2 Å². The summed E-state index contributed by atoms with van der Waals surface area (Å²) in [4.78, 5) is 27.9. The number of carbonyl (C=O) groups is 2. The maximum Gasteiger partial charge on any atom is 0.244 e. The number of anilines is 2. The number of sulfonamides is 1. The summed E-state index contributed by atoms with van der Waals surface area (Å²) in [5.41, 5.74) is 3.13. The molecule has 0 spiro atoms. The fraction of sp³-hybridized carbons (Fsp3) is 0.417. The van der Waals surface area contributed by atoms with Gasteiger partial charge in [-0.15, -0.1) is 11.8 Å². The topological polar surface area (TPSA) is 86.8 Å². The summed E-state index contributed by atoms with van der Waals surface area (Å²) >= 11 is 1.36. The number of nitrogens with zero attached hydrogens (tertiary/aromatic N) is 2. The molecule has 0 radical (unpaired) electrons. The van der Waals surface area contributed by atoms with Gasteiger partial charge in [-0.25, -0.2) is 8.42 Å². The van der Waals surface area contributed by atoms with E-state index in [9.17, 15) is 18.0 Å². The van der Waals surface area contributed by atoms with Crippen molar-refractivity contribution in [2.24, 2.45) is 5.92 Å². The highest BCUT2D eigenvalue weighted by Crippen LogP contribution is 2.37. The highest BCUT2D eigenvalue weighted by Gasteiger charge is 2.32. The van der Waals surface area contributed by atoms with Crippen LogP contribution in [0.2, 0.25) is 0 Å². The minimum absolute atomic E-state index is 0.158. The Morgan fingerprint density at radius 3 is 2.58 bits per heavy atom. The number of thioether (sulfide) groups is 1. The number of aryl methyl sites for hydroxylation is 2. The standard InChI is InChI=1S/C24H29N3O4S2/c1-16-8-10-26(11-9-16)33(30,31)19-6-7-22-21(13-19)27(24(29)15-32-22)14-23(28)25-20-12-17(2)4-5-18(20)3/h4-7,12-13,16H,8-11,14-15H2,1-3H3,(H,25,28). The van der Waals surface area contributed by atoms with E-state index in [1.165, 1.54) is 27.0 Å². The van der Waals surface area contributed by atoms with Gasteiger partial charge in [-0.2, -0.15) is 4.31 Å². The van der Waals surface area contributed by atoms with Gasteiger partial charge in [0.15, 0.2) is 0 Å². The molecule has 1 N–H and O–H groups in total. The number of hydrogen-bond acceptors (Lipinski definition) is 5. The van der Waals surface area contributed by atoms with Crippen molar-refractivity contribution in [1.29, 1.82) is 0 Å². The van der Waals surface area contributed by atoms with Crippen LogP contribution in [0, 0.1) is 19.8 Å². The molecule has 7 nitrogen and oxygen atoms in total. The predicted octanol–water partition coefficient (Wildman–Crippen LogP) is 3.80. The van der Waals surface area contributed by atoms with E-state index >= 15 is 0 Å². The molecule has 2 amide bonds. The number of piperidine rings is 1. The van der Waals surface area contributed by atoms with Gasteiger partial charge in [0.1, 0.15) is 6.54 Å². The minimum Gasteiger partial charge on any atom is -0.324 e. The van der Waals surface area contributed by atoms with Crippen LogP contribution >= 0.6 is 11.8 Å². The van der Waals surface area contributed by atoms with Crippen molar-refractivity contribution in [2.45, 2.75) is 43.4 Å². The number of hydrogen-bond donors (Lipinski definition) is 1. The van der Waals surface area contributed by atoms with Crippen LogP contribution < -0.4 is 10.2 Å². The lowest BCUT2D eigenvalue weighted by molar-refractivity contribution is -0.120. The Morgan fingerprint density at radius 2 is 1.85 bits per heavy atom. The van der Waals surface area contributed by atoms with Gasteiger partial charge in [0.05, 0.1) is 16.3 Å². The van der Waals surface area contributed by atoms with Gasteiger partial charge < -0.3 is 10.2 Å². The van der Waals surface area contributed by atoms with Crippen LogP contribution in [0.3, 0.4) is 0 Å². The van der Waals surface area contributed by atoms with Crippen molar-refractivity contribution in [3.8, 4) is 0 Å². The highest BCUT2D eigenvalue weighted by atomic mass is 32.2. The summed E-state index contributed by atoms with van der Waals surface area (Å²) in [6.07, 6.45) is 1.67. The van der Waals surface area contributed by atoms with E-state index in [-0.39, 0.29) is 29.0 Å². The Morgan fingerprint density at radius 1 is 1.12 bits per heavy atom. The van der Waals surface area contributed by atoms with E-state index in [1.807, 2.05) is 32.0 Å². The summed E-state index contributed by atoms with van der Waals surface area (Å²) in [5, 5.41) is 2.88. The zero-order valence-electron chi connectivity index (χ0n) is 19.1. The molecule has 2 aromatic rings. The SMILES string of the molecule is Cc1ccc(C)c(NC(=O)CN2C(=O)CSc3ccc(S(=O)(=O)N4CCC(C)CC4)cc32)c1. The maximum absolute atomic E-state index is 13.2. The quantitative estimate of drug-likeness (QED) is 0.693. The zero-order chi connectivity index (χ0) is 23.8. The molecule has 0 bridgehead atoms. The Bertz CT molecular complexity index is 1190. The highest BCUT2D eigenvalue weighted by molar-refractivity contribution is 8.00. The number of rotatable bonds is 5. The number of carbonyl (C=O) groups excluding carboxylic acids is 2. The molecule has 0 aliphatic carbocycles. The second-order valence-corrected chi connectivity index (χ2v) is 11.8. The number of nitrogens with one attached hydrogen (secondary N) is 1. The Hall–Kier alpha value is -2.36. The van der Waals surface area contributed by atoms with Crippen LogP contribution in [-0.4, -0.2) is 49.9 Å². The van der Waals surface area contributed by atoms with Crippen LogP contribution in [-0.2, 0) is 19.6 Å². The Kier molecular flexibility index (Phi) is 6.83. The van der Waals surface area contributed by atoms with Crippen LogP contribution in [0.5, 0.6) is 0 Å². The molecule has 2 aliphatic heterocycles. The fourth-order valence-electron chi connectivity index (χ4n) is 4.09. The van der Waals surface area contributed by atoms with Crippen molar-refractivity contribution >= 4 is 45.0 Å². The third-order valence-electron chi connectivity index (χ3n) is 6.22. The van der Waals surface area contributed by atoms with Gasteiger partial charge in [0, 0.05) is 23.7 Å². The molecule has 9 heteroatoms. The summed E-state index contributed by atoms with van der Waals surface area (Å²) in [7, 11) is -3.66. The molecule has 0 saturated carbocycles. The first-order valence-corrected chi connectivity index (χ1v) is 13.5. The minimum atomic E-state index is -3.66. The summed E-state index contributed by atoms with van der Waals surface area (Å²) in [5.74, 6) is 0.179. The smallest absolute Gasteiger partial charge is 0.244 e. The van der Waals surface area contributed by atoms with Crippen molar-refractivity contribution in [2.75, 3.05) is 35.6 Å². The molecule has 33 heavy (non-hydrogen) atoms. The number of fused-ring (bicyclic) bond motifs is 1. The normalized spacial score (nSPS) is 17.7. The molecule has 0 unspecified atom stereocenters. The molecule has 2 aliphatic rings. The van der Waals surface area contributed by atoms with E-state index in [4.69, 9.17) is 0 Å². The number of amides is 2. The molecule has 1 fully saturated rings. The monoisotopic (exact) mass is 487 g/mol.